The zero-order valence-corrected chi connectivity index (χ0v) is 24.8. The summed E-state index contributed by atoms with van der Waals surface area (Å²) in [4.78, 5) is 27.4. The summed E-state index contributed by atoms with van der Waals surface area (Å²) in [5, 5.41) is 9.93. The third-order valence-corrected chi connectivity index (χ3v) is 7.99. The Morgan fingerprint density at radius 2 is 1.61 bits per heavy atom. The molecule has 1 N–H and O–H groups in total. The predicted octanol–water partition coefficient (Wildman–Crippen LogP) is 6.27. The van der Waals surface area contributed by atoms with Gasteiger partial charge in [0.2, 0.25) is 5.60 Å². The highest BCUT2D eigenvalue weighted by Crippen LogP contribution is 2.50. The average molecular weight is 570 g/mol. The second kappa shape index (κ2) is 13.6. The molecule has 0 heterocycles. The largest absolute Gasteiger partial charge is 0.493 e. The first-order valence-corrected chi connectivity index (χ1v) is 14.6. The predicted molar refractivity (Wildman–Crippen MR) is 154 cm³/mol. The van der Waals surface area contributed by atoms with Crippen LogP contribution in [0.1, 0.15) is 88.1 Å². The summed E-state index contributed by atoms with van der Waals surface area (Å²) >= 11 is 0. The standard InChI is InChI=1S/C32H43NO8/c1-6-38-27-17-25(18-28(39-7-2)29(27)24-13-14-24)21(3)33(15-16-40-22(4)23-11-9-8-10-12-23)31(36)41-32(30(34)35)19-26(20-32)37-5/h8-12,17-18,21-22,24,26H,6-7,13-16,19-20H2,1-5H3,(H,34,35)/t21-,22-,26?,32?/m1/s1. The minimum atomic E-state index is -1.61. The first kappa shape index (κ1) is 30.7. The minimum absolute atomic E-state index is 0.105. The van der Waals surface area contributed by atoms with Gasteiger partial charge in [-0.1, -0.05) is 30.3 Å². The fourth-order valence-electron chi connectivity index (χ4n) is 5.33. The number of hydrogen-bond acceptors (Lipinski definition) is 7. The number of ether oxygens (including phenoxy) is 5. The van der Waals surface area contributed by atoms with E-state index in [1.165, 1.54) is 12.0 Å². The average Bonchev–Trinajstić information content (AvgIpc) is 3.78. The molecular weight excluding hydrogens is 526 g/mol. The monoisotopic (exact) mass is 569 g/mol. The highest BCUT2D eigenvalue weighted by molar-refractivity contribution is 5.83. The normalized spacial score (nSPS) is 21.3. The molecule has 2 fully saturated rings. The number of carbonyl (C=O) groups is 2. The number of carbonyl (C=O) groups excluding carboxylic acids is 1. The lowest BCUT2D eigenvalue weighted by Crippen LogP contribution is -2.58. The van der Waals surface area contributed by atoms with Crippen LogP contribution in [0.2, 0.25) is 0 Å². The topological polar surface area (TPSA) is 104 Å². The highest BCUT2D eigenvalue weighted by Gasteiger charge is 2.55. The Morgan fingerprint density at radius 1 is 1.00 bits per heavy atom. The van der Waals surface area contributed by atoms with Gasteiger partial charge in [0.25, 0.3) is 0 Å². The maximum atomic E-state index is 13.7. The van der Waals surface area contributed by atoms with Gasteiger partial charge in [-0.05, 0) is 69.7 Å². The van der Waals surface area contributed by atoms with Crippen LogP contribution in [0.15, 0.2) is 42.5 Å². The summed E-state index contributed by atoms with van der Waals surface area (Å²) in [6.07, 6.45) is 1.22. The molecule has 2 saturated carbocycles. The number of aliphatic carboxylic acids is 1. The van der Waals surface area contributed by atoms with Gasteiger partial charge >= 0.3 is 12.1 Å². The van der Waals surface area contributed by atoms with Gasteiger partial charge in [0.15, 0.2) is 0 Å². The molecule has 0 aliphatic heterocycles. The van der Waals surface area contributed by atoms with Gasteiger partial charge in [-0.15, -0.1) is 0 Å². The molecule has 41 heavy (non-hydrogen) atoms. The Bertz CT molecular complexity index is 1150. The second-order valence-corrected chi connectivity index (χ2v) is 10.8. The van der Waals surface area contributed by atoms with E-state index in [0.29, 0.717) is 19.1 Å². The van der Waals surface area contributed by atoms with Crippen LogP contribution in [0.25, 0.3) is 0 Å². The van der Waals surface area contributed by atoms with Crippen molar-refractivity contribution in [2.24, 2.45) is 0 Å². The summed E-state index contributed by atoms with van der Waals surface area (Å²) in [5.74, 6) is 0.744. The fraction of sp³-hybridized carbons (Fsp3) is 0.562. The van der Waals surface area contributed by atoms with E-state index in [2.05, 4.69) is 0 Å². The summed E-state index contributed by atoms with van der Waals surface area (Å²) in [7, 11) is 1.52. The number of benzene rings is 2. The maximum Gasteiger partial charge on any atom is 0.411 e. The Labute approximate surface area is 242 Å². The maximum absolute atomic E-state index is 13.7. The highest BCUT2D eigenvalue weighted by atomic mass is 16.6. The number of nitrogens with zero attached hydrogens (tertiary/aromatic N) is 1. The number of amides is 1. The van der Waals surface area contributed by atoms with Crippen LogP contribution in [0.4, 0.5) is 4.79 Å². The van der Waals surface area contributed by atoms with Gasteiger partial charge in [-0.3, -0.25) is 4.90 Å². The van der Waals surface area contributed by atoms with Gasteiger partial charge in [-0.25, -0.2) is 9.59 Å². The van der Waals surface area contributed by atoms with Crippen LogP contribution < -0.4 is 9.47 Å². The van der Waals surface area contributed by atoms with Crippen molar-refractivity contribution in [2.75, 3.05) is 33.5 Å². The van der Waals surface area contributed by atoms with Crippen molar-refractivity contribution in [3.63, 3.8) is 0 Å². The first-order chi connectivity index (χ1) is 19.7. The molecule has 0 spiro atoms. The molecule has 1 amide bonds. The summed E-state index contributed by atoms with van der Waals surface area (Å²) in [5.41, 5.74) is 1.29. The Balaban J connectivity index is 1.60. The number of carboxylic acid groups (broad SMARTS) is 1. The molecule has 9 heteroatoms. The summed E-state index contributed by atoms with van der Waals surface area (Å²) in [6.45, 7) is 9.17. The molecule has 0 bridgehead atoms. The molecule has 0 radical (unpaired) electrons. The van der Waals surface area contributed by atoms with Gasteiger partial charge < -0.3 is 28.8 Å². The smallest absolute Gasteiger partial charge is 0.411 e. The molecule has 2 aliphatic carbocycles. The minimum Gasteiger partial charge on any atom is -0.493 e. The molecule has 2 aromatic carbocycles. The van der Waals surface area contributed by atoms with Crippen molar-refractivity contribution < 1.29 is 38.4 Å². The van der Waals surface area contributed by atoms with E-state index in [0.717, 1.165) is 41.0 Å². The third-order valence-electron chi connectivity index (χ3n) is 7.99. The van der Waals surface area contributed by atoms with Gasteiger partial charge in [0, 0.05) is 32.1 Å². The SMILES string of the molecule is CCOc1cc([C@@H](C)N(CCO[C@H](C)c2ccccc2)C(=O)OC2(C(=O)O)CC(OC)C2)cc(OCC)c1C1CC1. The Hall–Kier alpha value is -3.30. The third kappa shape index (κ3) is 7.13. The number of rotatable bonds is 15. The van der Waals surface area contributed by atoms with Crippen LogP contribution in [0.3, 0.4) is 0 Å². The van der Waals surface area contributed by atoms with E-state index in [1.54, 1.807) is 0 Å². The van der Waals surface area contributed by atoms with Crippen LogP contribution in [0, 0.1) is 0 Å². The molecule has 2 atom stereocenters. The molecular formula is C32H43NO8. The number of methoxy groups -OCH3 is 1. The molecule has 4 rings (SSSR count). The number of hydrogen-bond donors (Lipinski definition) is 1. The van der Waals surface area contributed by atoms with Crippen molar-refractivity contribution in [1.29, 1.82) is 0 Å². The van der Waals surface area contributed by atoms with E-state index in [4.69, 9.17) is 23.7 Å². The Morgan fingerprint density at radius 3 is 2.12 bits per heavy atom. The molecule has 9 nitrogen and oxygen atoms in total. The van der Waals surface area contributed by atoms with Crippen LogP contribution in [-0.4, -0.2) is 67.2 Å². The Kier molecular flexibility index (Phi) is 10.1. The molecule has 2 aromatic rings. The van der Waals surface area contributed by atoms with Crippen molar-refractivity contribution in [2.45, 2.75) is 83.1 Å². The van der Waals surface area contributed by atoms with Crippen LogP contribution in [0.5, 0.6) is 11.5 Å². The van der Waals surface area contributed by atoms with E-state index in [1.807, 2.05) is 70.2 Å². The first-order valence-electron chi connectivity index (χ1n) is 14.6. The van der Waals surface area contributed by atoms with Crippen LogP contribution >= 0.6 is 0 Å². The van der Waals surface area contributed by atoms with Gasteiger partial charge in [0.05, 0.1) is 38.1 Å². The van der Waals surface area contributed by atoms with Gasteiger partial charge in [0.1, 0.15) is 11.5 Å². The lowest BCUT2D eigenvalue weighted by Gasteiger charge is -2.43. The molecule has 2 aliphatic rings. The molecule has 224 valence electrons. The molecule has 0 saturated heterocycles. The number of carboxylic acids is 1. The molecule has 0 aromatic heterocycles. The summed E-state index contributed by atoms with van der Waals surface area (Å²) in [6, 6.07) is 13.3. The molecule has 0 unspecified atom stereocenters. The van der Waals surface area contributed by atoms with Crippen molar-refractivity contribution >= 4 is 12.1 Å². The van der Waals surface area contributed by atoms with E-state index >= 15 is 0 Å². The van der Waals surface area contributed by atoms with Crippen molar-refractivity contribution in [1.82, 2.24) is 4.90 Å². The lowest BCUT2D eigenvalue weighted by molar-refractivity contribution is -0.187. The van der Waals surface area contributed by atoms with Crippen molar-refractivity contribution in [3.05, 3.63) is 59.2 Å². The van der Waals surface area contributed by atoms with E-state index in [9.17, 15) is 14.7 Å². The second-order valence-electron chi connectivity index (χ2n) is 10.8. The van der Waals surface area contributed by atoms with Crippen LogP contribution in [-0.2, 0) is 19.0 Å². The van der Waals surface area contributed by atoms with Gasteiger partial charge in [-0.2, -0.15) is 0 Å². The quantitative estimate of drug-likeness (QED) is 0.268. The zero-order valence-electron chi connectivity index (χ0n) is 24.8. The van der Waals surface area contributed by atoms with Crippen molar-refractivity contribution in [3.8, 4) is 11.5 Å². The fourth-order valence-corrected chi connectivity index (χ4v) is 5.33. The summed E-state index contributed by atoms with van der Waals surface area (Å²) < 4.78 is 29.2. The van der Waals surface area contributed by atoms with E-state index < -0.39 is 23.7 Å². The zero-order chi connectivity index (χ0) is 29.6. The lowest BCUT2D eigenvalue weighted by atomic mass is 9.77. The van der Waals surface area contributed by atoms with E-state index in [-0.39, 0.29) is 38.2 Å².